The van der Waals surface area contributed by atoms with Crippen LogP contribution in [0.4, 0.5) is 32.2 Å². The highest BCUT2D eigenvalue weighted by Crippen LogP contribution is 2.42. The molecule has 1 amide bonds. The lowest BCUT2D eigenvalue weighted by atomic mass is 10.1. The molecule has 0 fully saturated rings. The molecule has 0 radical (unpaired) electrons. The lowest BCUT2D eigenvalue weighted by Crippen LogP contribution is -2.31. The molecule has 0 saturated heterocycles. The number of nitrogens with one attached hydrogen (secondary N) is 1. The number of fused-ring (bicyclic) bond motifs is 1. The molecule has 1 unspecified atom stereocenters. The van der Waals surface area contributed by atoms with Gasteiger partial charge in [0, 0.05) is 19.7 Å². The summed E-state index contributed by atoms with van der Waals surface area (Å²) in [5.41, 5.74) is -2.10. The second-order valence-corrected chi connectivity index (χ2v) is 10.5. The predicted molar refractivity (Wildman–Crippen MR) is 148 cm³/mol. The van der Waals surface area contributed by atoms with Crippen LogP contribution in [0.25, 0.3) is 0 Å². The Morgan fingerprint density at radius 1 is 1.07 bits per heavy atom. The Morgan fingerprint density at radius 2 is 1.77 bits per heavy atom. The smallest absolute Gasteiger partial charge is 0.436 e. The molecule has 0 spiro atoms. The van der Waals surface area contributed by atoms with Gasteiger partial charge in [0.1, 0.15) is 11.4 Å². The Labute approximate surface area is 249 Å². The zero-order valence-electron chi connectivity index (χ0n) is 24.3. The van der Waals surface area contributed by atoms with Crippen LogP contribution in [-0.4, -0.2) is 48.5 Å². The van der Waals surface area contributed by atoms with E-state index in [1.807, 2.05) is 6.92 Å². The van der Waals surface area contributed by atoms with E-state index in [0.717, 1.165) is 29.7 Å². The molecule has 8 nitrogen and oxygen atoms in total. The molecule has 1 aliphatic rings. The summed E-state index contributed by atoms with van der Waals surface area (Å²) in [5.74, 6) is -1.80. The molecule has 0 bridgehead atoms. The number of hydrogen-bond acceptors (Lipinski definition) is 6. The van der Waals surface area contributed by atoms with Crippen LogP contribution < -0.4 is 10.2 Å². The number of alkyl halides is 6. The van der Waals surface area contributed by atoms with Crippen LogP contribution in [0.15, 0.2) is 48.5 Å². The summed E-state index contributed by atoms with van der Waals surface area (Å²) in [4.78, 5) is 26.8. The van der Waals surface area contributed by atoms with Crippen LogP contribution >= 0.6 is 0 Å². The molecule has 1 aromatic heterocycles. The van der Waals surface area contributed by atoms with E-state index in [9.17, 15) is 35.9 Å². The Morgan fingerprint density at radius 3 is 2.39 bits per heavy atom. The van der Waals surface area contributed by atoms with E-state index < -0.39 is 53.1 Å². The average Bonchev–Trinajstić information content (AvgIpc) is 3.53. The minimum Gasteiger partial charge on any atom is -0.465 e. The fourth-order valence-electron chi connectivity index (χ4n) is 4.98. The summed E-state index contributed by atoms with van der Waals surface area (Å²) in [6.07, 6.45) is -8.05. The lowest BCUT2D eigenvalue weighted by Gasteiger charge is -2.22. The first-order valence-corrected chi connectivity index (χ1v) is 13.9. The number of aromatic nitrogens is 2. The van der Waals surface area contributed by atoms with E-state index in [4.69, 9.17) is 4.74 Å². The van der Waals surface area contributed by atoms with Crippen molar-refractivity contribution in [3.05, 3.63) is 82.0 Å². The average molecular weight is 627 g/mol. The summed E-state index contributed by atoms with van der Waals surface area (Å²) < 4.78 is 94.5. The normalized spacial score (nSPS) is 15.7. The maximum Gasteiger partial charge on any atom is 0.436 e. The summed E-state index contributed by atoms with van der Waals surface area (Å²) in [5, 5.41) is 6.39. The first-order valence-electron chi connectivity index (χ1n) is 13.9. The van der Waals surface area contributed by atoms with Crippen molar-refractivity contribution in [3.8, 4) is 0 Å². The number of methoxy groups -OCH3 is 1. The van der Waals surface area contributed by atoms with Gasteiger partial charge in [-0.25, -0.2) is 9.48 Å². The van der Waals surface area contributed by atoms with E-state index in [0.29, 0.717) is 12.2 Å². The van der Waals surface area contributed by atoms with Gasteiger partial charge in [-0.05, 0) is 48.7 Å². The number of benzene rings is 2. The second-order valence-electron chi connectivity index (χ2n) is 10.5. The van der Waals surface area contributed by atoms with Crippen LogP contribution in [0.3, 0.4) is 0 Å². The molecule has 2 aromatic carbocycles. The fraction of sp³-hybridized carbons (Fsp3) is 0.433. The van der Waals surface area contributed by atoms with E-state index in [1.54, 1.807) is 6.92 Å². The third-order valence-electron chi connectivity index (χ3n) is 7.22. The van der Waals surface area contributed by atoms with Gasteiger partial charge < -0.3 is 19.7 Å². The molecule has 0 aliphatic carbocycles. The Hall–Kier alpha value is -4.07. The quantitative estimate of drug-likeness (QED) is 0.147. The number of anilines is 1. The van der Waals surface area contributed by atoms with Gasteiger partial charge in [0.25, 0.3) is 5.91 Å². The molecule has 0 saturated carbocycles. The number of ether oxygens (including phenoxy) is 2. The standard InChI is InChI=1S/C30H32F6N4O4/c1-4-5-13-44-17-23-16-39(15-19-7-6-8-22(14-19)29(31,32)33)27-24(25(30(34,35)36)38-40(23)27)26(41)37-18(2)20-9-11-21(12-10-20)28(42)43-3/h6-12,14,18,23H,4-5,13,15-17H2,1-3H3,(H,37,41)/t18?,23-/m0/s1. The lowest BCUT2D eigenvalue weighted by molar-refractivity contribution is -0.142. The molecule has 44 heavy (non-hydrogen) atoms. The highest BCUT2D eigenvalue weighted by molar-refractivity contribution is 6.01. The molecule has 4 rings (SSSR count). The molecular formula is C30H32F6N4O4. The van der Waals surface area contributed by atoms with E-state index in [1.165, 1.54) is 48.4 Å². The van der Waals surface area contributed by atoms with Crippen LogP contribution in [0.2, 0.25) is 0 Å². The molecule has 1 aliphatic heterocycles. The summed E-state index contributed by atoms with van der Waals surface area (Å²) in [7, 11) is 1.22. The van der Waals surface area contributed by atoms with E-state index in [2.05, 4.69) is 15.2 Å². The number of amides is 1. The number of carbonyl (C=O) groups excluding carboxylic acids is 2. The first-order chi connectivity index (χ1) is 20.7. The Kier molecular flexibility index (Phi) is 9.91. The van der Waals surface area contributed by atoms with Crippen LogP contribution in [0.1, 0.15) is 81.9 Å². The van der Waals surface area contributed by atoms with Crippen molar-refractivity contribution in [2.75, 3.05) is 31.8 Å². The van der Waals surface area contributed by atoms with Crippen molar-refractivity contribution in [2.24, 2.45) is 0 Å². The highest BCUT2D eigenvalue weighted by Gasteiger charge is 2.46. The summed E-state index contributed by atoms with van der Waals surface area (Å²) >= 11 is 0. The topological polar surface area (TPSA) is 85.7 Å². The number of carbonyl (C=O) groups is 2. The number of esters is 1. The molecule has 2 atom stereocenters. The second kappa shape index (κ2) is 13.3. The van der Waals surface area contributed by atoms with Gasteiger partial charge in [0.15, 0.2) is 5.69 Å². The third-order valence-corrected chi connectivity index (χ3v) is 7.22. The minimum absolute atomic E-state index is 0.00489. The maximum absolute atomic E-state index is 14.3. The van der Waals surface area contributed by atoms with Crippen molar-refractivity contribution in [3.63, 3.8) is 0 Å². The number of halogens is 6. The van der Waals surface area contributed by atoms with Gasteiger partial charge in [-0.15, -0.1) is 0 Å². The monoisotopic (exact) mass is 626 g/mol. The number of rotatable bonds is 11. The van der Waals surface area contributed by atoms with E-state index >= 15 is 0 Å². The van der Waals surface area contributed by atoms with Crippen molar-refractivity contribution >= 4 is 17.7 Å². The fourth-order valence-corrected chi connectivity index (χ4v) is 4.98. The molecule has 14 heteroatoms. The van der Waals surface area contributed by atoms with Gasteiger partial charge in [-0.1, -0.05) is 37.6 Å². The minimum atomic E-state index is -5.01. The zero-order valence-corrected chi connectivity index (χ0v) is 24.3. The number of hydrogen-bond donors (Lipinski definition) is 1. The molecule has 3 aromatic rings. The van der Waals surface area contributed by atoms with Gasteiger partial charge >= 0.3 is 18.3 Å². The van der Waals surface area contributed by atoms with Gasteiger partial charge in [-0.2, -0.15) is 31.4 Å². The molecule has 2 heterocycles. The SMILES string of the molecule is CCCCOC[C@@H]1CN(Cc2cccc(C(F)(F)F)c2)c2c(C(=O)NC(C)c3ccc(C(=O)OC)cc3)c(C(F)(F)F)nn21. The first kappa shape index (κ1) is 32.8. The van der Waals surface area contributed by atoms with E-state index in [-0.39, 0.29) is 36.6 Å². The number of unbranched alkanes of at least 4 members (excludes halogenated alkanes) is 1. The largest absolute Gasteiger partial charge is 0.465 e. The maximum atomic E-state index is 14.3. The predicted octanol–water partition coefficient (Wildman–Crippen LogP) is 6.58. The van der Waals surface area contributed by atoms with Crippen molar-refractivity contribution < 1.29 is 45.4 Å². The summed E-state index contributed by atoms with van der Waals surface area (Å²) in [6.45, 7) is 3.73. The highest BCUT2D eigenvalue weighted by atomic mass is 19.4. The molecule has 238 valence electrons. The van der Waals surface area contributed by atoms with Crippen LogP contribution in [0, 0.1) is 0 Å². The van der Waals surface area contributed by atoms with Crippen LogP contribution in [0.5, 0.6) is 0 Å². The van der Waals surface area contributed by atoms with Crippen molar-refractivity contribution in [2.45, 2.75) is 57.7 Å². The zero-order chi connectivity index (χ0) is 32.2. The Bertz CT molecular complexity index is 1470. The molecule has 1 N–H and O–H groups in total. The van der Waals surface area contributed by atoms with Gasteiger partial charge in [0.05, 0.1) is 36.9 Å². The molecular weight excluding hydrogens is 594 g/mol. The van der Waals surface area contributed by atoms with Crippen molar-refractivity contribution in [1.29, 1.82) is 0 Å². The summed E-state index contributed by atoms with van der Waals surface area (Å²) in [6, 6.07) is 8.98. The third kappa shape index (κ3) is 7.34. The number of nitrogens with zero attached hydrogens (tertiary/aromatic N) is 3. The van der Waals surface area contributed by atoms with Gasteiger partial charge in [0.2, 0.25) is 0 Å². The van der Waals surface area contributed by atoms with Crippen LogP contribution in [-0.2, 0) is 28.4 Å². The van der Waals surface area contributed by atoms with Crippen molar-refractivity contribution in [1.82, 2.24) is 15.1 Å². The van der Waals surface area contributed by atoms with Gasteiger partial charge in [-0.3, -0.25) is 4.79 Å². The Balaban J connectivity index is 1.71.